The van der Waals surface area contributed by atoms with Crippen molar-refractivity contribution in [2.24, 2.45) is 0 Å². The average molecular weight is 88.1 g/mol. The van der Waals surface area contributed by atoms with Gasteiger partial charge in [-0.2, -0.15) is 0 Å². The summed E-state index contributed by atoms with van der Waals surface area (Å²) in [5.41, 5.74) is 0. The van der Waals surface area contributed by atoms with Gasteiger partial charge in [0.1, 0.15) is 0 Å². The molecule has 0 aromatic heterocycles. The second-order valence-corrected chi connectivity index (χ2v) is 0. The average Bonchev–Trinajstić information content (AvgIpc) is 1.00. The quantitative estimate of drug-likeness (QED) is 0.374. The van der Waals surface area contributed by atoms with Crippen molar-refractivity contribution in [1.29, 1.82) is 0 Å². The SMILES string of the molecule is C.CC.[AlH3].[HH].[HH].[LiH]. The predicted molar refractivity (Wildman–Crippen MR) is 39.4 cm³/mol. The third-order valence-corrected chi connectivity index (χ3v) is 0. The fourth-order valence-electron chi connectivity index (χ4n) is 0. The van der Waals surface area contributed by atoms with Gasteiger partial charge in [-0.15, -0.1) is 0 Å². The summed E-state index contributed by atoms with van der Waals surface area (Å²) in [4.78, 5) is 0. The summed E-state index contributed by atoms with van der Waals surface area (Å²) in [5, 5.41) is 0. The van der Waals surface area contributed by atoms with E-state index in [-0.39, 0.29) is 46.5 Å². The fourth-order valence-corrected chi connectivity index (χ4v) is 0. The first-order valence-corrected chi connectivity index (χ1v) is 1.00. The van der Waals surface area contributed by atoms with Crippen molar-refractivity contribution < 1.29 is 2.85 Å². The molecule has 34 valence electrons. The van der Waals surface area contributed by atoms with Crippen LogP contribution in [-0.2, 0) is 0 Å². The van der Waals surface area contributed by atoms with Gasteiger partial charge >= 0.3 is 18.9 Å². The van der Waals surface area contributed by atoms with E-state index in [1.54, 1.807) is 0 Å². The zero-order valence-corrected chi connectivity index (χ0v) is 2.00. The molecule has 0 atom stereocenters. The summed E-state index contributed by atoms with van der Waals surface area (Å²) >= 11 is 0. The summed E-state index contributed by atoms with van der Waals surface area (Å²) in [5.74, 6) is 0. The van der Waals surface area contributed by atoms with Gasteiger partial charge in [0.05, 0.1) is 0 Å². The fraction of sp³-hybridized carbons (Fsp3) is 1.00. The Bertz CT molecular complexity index is 12.9. The van der Waals surface area contributed by atoms with Crippen LogP contribution in [0, 0.1) is 0 Å². The molecule has 0 rings (SSSR count). The van der Waals surface area contributed by atoms with Crippen LogP contribution in [0.25, 0.3) is 0 Å². The monoisotopic (exact) mass is 88.1 g/mol. The molecule has 0 saturated carbocycles. The van der Waals surface area contributed by atoms with Crippen LogP contribution in [-0.4, -0.2) is 36.2 Å². The molecule has 0 saturated heterocycles. The molecule has 0 aliphatic heterocycles. The van der Waals surface area contributed by atoms with Crippen LogP contribution >= 0.6 is 0 Å². The second-order valence-electron chi connectivity index (χ2n) is 0. The molecule has 0 N–H and O–H groups in total. The van der Waals surface area contributed by atoms with Gasteiger partial charge in [-0.25, -0.2) is 0 Å². The molecule has 0 spiro atoms. The van der Waals surface area contributed by atoms with Crippen molar-refractivity contribution in [3.8, 4) is 0 Å². The van der Waals surface area contributed by atoms with Crippen molar-refractivity contribution >= 4 is 36.2 Å². The van der Waals surface area contributed by atoms with Gasteiger partial charge in [-0.3, -0.25) is 0 Å². The van der Waals surface area contributed by atoms with Crippen molar-refractivity contribution in [3.63, 3.8) is 0 Å². The first kappa shape index (κ1) is 35.6. The Balaban J connectivity index is -0.000000000500. The van der Waals surface area contributed by atoms with Crippen molar-refractivity contribution in [3.05, 3.63) is 0 Å². The molecule has 0 aromatic rings. The molecule has 2 heteroatoms. The Morgan fingerprint density at radius 3 is 1.20 bits per heavy atom. The van der Waals surface area contributed by atoms with Crippen LogP contribution in [0.15, 0.2) is 0 Å². The molecule has 0 nitrogen and oxygen atoms in total. The standard InChI is InChI=1S/C2H6.CH4.Al.Li.2H2.4H/c1-2;;;;;;;;;/h1-2H3;1H4;;;2*1H;;;;. The molecule has 5 heavy (non-hydrogen) atoms. The molecule has 0 aliphatic rings. The van der Waals surface area contributed by atoms with E-state index in [1.807, 2.05) is 13.8 Å². The van der Waals surface area contributed by atoms with Gasteiger partial charge in [0, 0.05) is 2.85 Å². The summed E-state index contributed by atoms with van der Waals surface area (Å²) < 4.78 is 0. The summed E-state index contributed by atoms with van der Waals surface area (Å²) in [7, 11) is 0. The van der Waals surface area contributed by atoms with Gasteiger partial charge in [-0.05, 0) is 0 Å². The Kier molecular flexibility index (Phi) is 487. The normalized spacial score (nSPS) is 1.20. The zero-order valence-electron chi connectivity index (χ0n) is 2.00. The first-order valence-electron chi connectivity index (χ1n) is 1.00. The molecular formula is C3H18AlLi. The van der Waals surface area contributed by atoms with Gasteiger partial charge in [0.2, 0.25) is 0 Å². The molecular weight excluding hydrogens is 70.0 g/mol. The van der Waals surface area contributed by atoms with Crippen LogP contribution in [0.4, 0.5) is 0 Å². The maximum absolute atomic E-state index is 2.00. The van der Waals surface area contributed by atoms with Crippen LogP contribution < -0.4 is 0 Å². The van der Waals surface area contributed by atoms with E-state index in [9.17, 15) is 0 Å². The minimum absolute atomic E-state index is 0. The van der Waals surface area contributed by atoms with Crippen molar-refractivity contribution in [2.45, 2.75) is 21.3 Å². The van der Waals surface area contributed by atoms with Crippen molar-refractivity contribution in [1.82, 2.24) is 0 Å². The van der Waals surface area contributed by atoms with Crippen LogP contribution in [0.3, 0.4) is 0 Å². The summed E-state index contributed by atoms with van der Waals surface area (Å²) in [6, 6.07) is 0. The van der Waals surface area contributed by atoms with E-state index < -0.39 is 0 Å². The Morgan fingerprint density at radius 2 is 1.20 bits per heavy atom. The van der Waals surface area contributed by atoms with E-state index in [1.165, 1.54) is 0 Å². The molecule has 0 amide bonds. The van der Waals surface area contributed by atoms with E-state index in [2.05, 4.69) is 0 Å². The molecule has 0 heterocycles. The minimum atomic E-state index is 0. The Labute approximate surface area is 60.6 Å². The van der Waals surface area contributed by atoms with Gasteiger partial charge in [0.25, 0.3) is 0 Å². The Morgan fingerprint density at radius 1 is 1.20 bits per heavy atom. The molecule has 0 aliphatic carbocycles. The topological polar surface area (TPSA) is 0 Å². The van der Waals surface area contributed by atoms with E-state index >= 15 is 0 Å². The molecule has 0 aromatic carbocycles. The summed E-state index contributed by atoms with van der Waals surface area (Å²) in [6.45, 7) is 4.00. The Hall–Kier alpha value is 1.13. The maximum atomic E-state index is 2.00. The van der Waals surface area contributed by atoms with Crippen molar-refractivity contribution in [2.75, 3.05) is 0 Å². The van der Waals surface area contributed by atoms with E-state index in [4.69, 9.17) is 0 Å². The van der Waals surface area contributed by atoms with Crippen LogP contribution in [0.1, 0.15) is 24.1 Å². The third-order valence-electron chi connectivity index (χ3n) is 0. The van der Waals surface area contributed by atoms with Crippen LogP contribution in [0.5, 0.6) is 0 Å². The predicted octanol–water partition coefficient (Wildman–Crippen LogP) is 0.322. The molecule has 0 bridgehead atoms. The zero-order chi connectivity index (χ0) is 2.00. The molecule has 0 radical (unpaired) electrons. The van der Waals surface area contributed by atoms with E-state index in [0.717, 1.165) is 0 Å². The van der Waals surface area contributed by atoms with E-state index in [0.29, 0.717) is 0 Å². The number of hydrogen-bond acceptors (Lipinski definition) is 0. The third kappa shape index (κ3) is 39.4. The van der Waals surface area contributed by atoms with Crippen LogP contribution in [0.2, 0.25) is 0 Å². The van der Waals surface area contributed by atoms with Gasteiger partial charge in [0.15, 0.2) is 17.4 Å². The van der Waals surface area contributed by atoms with Gasteiger partial charge in [-0.1, -0.05) is 21.3 Å². The second kappa shape index (κ2) is 68.5. The molecule has 0 unspecified atom stereocenters. The number of hydrogen-bond donors (Lipinski definition) is 0. The summed E-state index contributed by atoms with van der Waals surface area (Å²) in [6.07, 6.45) is 0. The molecule has 0 fully saturated rings. The first-order chi connectivity index (χ1) is 1.00. The number of rotatable bonds is 0. The van der Waals surface area contributed by atoms with Gasteiger partial charge < -0.3 is 0 Å².